The van der Waals surface area contributed by atoms with Crippen LogP contribution in [0.25, 0.3) is 21.9 Å². The summed E-state index contributed by atoms with van der Waals surface area (Å²) in [6.07, 6.45) is 0. The molecule has 0 aliphatic heterocycles. The summed E-state index contributed by atoms with van der Waals surface area (Å²) in [6, 6.07) is 26.0. The van der Waals surface area contributed by atoms with E-state index in [4.69, 9.17) is 4.42 Å². The van der Waals surface area contributed by atoms with Gasteiger partial charge in [-0.15, -0.1) is 0 Å². The van der Waals surface area contributed by atoms with Gasteiger partial charge in [-0.2, -0.15) is 0 Å². The van der Waals surface area contributed by atoms with Crippen molar-refractivity contribution in [2.45, 2.75) is 16.3 Å². The lowest BCUT2D eigenvalue weighted by Crippen LogP contribution is -2.22. The fourth-order valence-corrected chi connectivity index (χ4v) is 4.51. The lowest BCUT2D eigenvalue weighted by molar-refractivity contribution is 0.446. The lowest BCUT2D eigenvalue weighted by Gasteiger charge is -2.14. The number of hydrogen-bond acceptors (Lipinski definition) is 5. The Labute approximate surface area is 181 Å². The SMILES string of the molecule is O=c1oc2c(c(O)c1Sc1ccccc1)c(=O)n(Cc1ccccc1)c1ccccc21. The van der Waals surface area contributed by atoms with Crippen molar-refractivity contribution >= 4 is 33.6 Å². The summed E-state index contributed by atoms with van der Waals surface area (Å²) in [6.45, 7) is 0.329. The highest BCUT2D eigenvalue weighted by atomic mass is 32.2. The highest BCUT2D eigenvalue weighted by molar-refractivity contribution is 7.99. The Kier molecular flexibility index (Phi) is 4.84. The van der Waals surface area contributed by atoms with Gasteiger partial charge in [-0.1, -0.05) is 72.4 Å². The first-order valence-corrected chi connectivity index (χ1v) is 10.5. The van der Waals surface area contributed by atoms with Crippen molar-refractivity contribution in [3.05, 3.63) is 111 Å². The number of para-hydroxylation sites is 1. The number of pyridine rings is 1. The molecule has 1 N–H and O–H groups in total. The summed E-state index contributed by atoms with van der Waals surface area (Å²) in [4.78, 5) is 27.0. The molecule has 2 heterocycles. The van der Waals surface area contributed by atoms with Crippen LogP contribution in [0, 0.1) is 0 Å². The molecule has 31 heavy (non-hydrogen) atoms. The molecule has 0 aliphatic rings. The molecule has 0 saturated heterocycles. The second kappa shape index (κ2) is 7.81. The molecule has 0 amide bonds. The molecule has 0 saturated carbocycles. The maximum atomic E-state index is 13.5. The molecule has 0 spiro atoms. The maximum absolute atomic E-state index is 13.5. The minimum absolute atomic E-state index is 0.00246. The van der Waals surface area contributed by atoms with Crippen LogP contribution in [-0.2, 0) is 6.54 Å². The summed E-state index contributed by atoms with van der Waals surface area (Å²) >= 11 is 1.08. The summed E-state index contributed by atoms with van der Waals surface area (Å²) < 4.78 is 7.20. The van der Waals surface area contributed by atoms with Crippen LogP contribution in [-0.4, -0.2) is 9.67 Å². The van der Waals surface area contributed by atoms with Gasteiger partial charge in [0.25, 0.3) is 5.56 Å². The molecule has 0 aliphatic carbocycles. The van der Waals surface area contributed by atoms with Gasteiger partial charge in [-0.3, -0.25) is 4.79 Å². The molecule has 2 aromatic heterocycles. The third-order valence-electron chi connectivity index (χ3n) is 5.10. The first-order valence-electron chi connectivity index (χ1n) is 9.71. The van der Waals surface area contributed by atoms with Crippen LogP contribution in [0.15, 0.2) is 109 Å². The van der Waals surface area contributed by atoms with Crippen LogP contribution in [0.4, 0.5) is 0 Å². The number of benzene rings is 3. The number of aromatic nitrogens is 1. The van der Waals surface area contributed by atoms with Crippen LogP contribution in [0.1, 0.15) is 5.56 Å². The Morgan fingerprint density at radius 1 is 0.839 bits per heavy atom. The normalized spacial score (nSPS) is 11.2. The van der Waals surface area contributed by atoms with Crippen LogP contribution < -0.4 is 11.2 Å². The Morgan fingerprint density at radius 3 is 2.23 bits per heavy atom. The molecular formula is C25H17NO4S. The van der Waals surface area contributed by atoms with Gasteiger partial charge in [0.15, 0.2) is 11.3 Å². The van der Waals surface area contributed by atoms with Gasteiger partial charge >= 0.3 is 5.63 Å². The van der Waals surface area contributed by atoms with Crippen molar-refractivity contribution in [3.8, 4) is 5.75 Å². The minimum atomic E-state index is -0.677. The Balaban J connectivity index is 1.81. The number of aromatic hydroxyl groups is 1. The van der Waals surface area contributed by atoms with E-state index in [1.54, 1.807) is 10.6 Å². The Hall–Kier alpha value is -3.77. The topological polar surface area (TPSA) is 72.4 Å². The predicted molar refractivity (Wildman–Crippen MR) is 122 cm³/mol. The average molecular weight is 427 g/mol. The zero-order valence-corrected chi connectivity index (χ0v) is 17.1. The monoisotopic (exact) mass is 427 g/mol. The molecule has 6 heteroatoms. The van der Waals surface area contributed by atoms with E-state index in [9.17, 15) is 14.7 Å². The van der Waals surface area contributed by atoms with E-state index in [-0.39, 0.29) is 21.6 Å². The molecule has 5 nitrogen and oxygen atoms in total. The van der Waals surface area contributed by atoms with Crippen molar-refractivity contribution in [1.82, 2.24) is 4.57 Å². The van der Waals surface area contributed by atoms with Crippen molar-refractivity contribution in [2.24, 2.45) is 0 Å². The molecule has 5 rings (SSSR count). The van der Waals surface area contributed by atoms with E-state index in [0.717, 1.165) is 22.2 Å². The van der Waals surface area contributed by atoms with E-state index >= 15 is 0 Å². The van der Waals surface area contributed by atoms with Crippen molar-refractivity contribution in [2.75, 3.05) is 0 Å². The lowest BCUT2D eigenvalue weighted by atomic mass is 10.1. The molecule has 0 unspecified atom stereocenters. The molecule has 5 aromatic rings. The van der Waals surface area contributed by atoms with Crippen LogP contribution in [0.5, 0.6) is 5.75 Å². The zero-order chi connectivity index (χ0) is 21.4. The van der Waals surface area contributed by atoms with Crippen molar-refractivity contribution in [3.63, 3.8) is 0 Å². The highest BCUT2D eigenvalue weighted by Gasteiger charge is 2.22. The number of hydrogen-bond donors (Lipinski definition) is 1. The largest absolute Gasteiger partial charge is 0.505 e. The third kappa shape index (κ3) is 3.41. The fourth-order valence-electron chi connectivity index (χ4n) is 3.66. The minimum Gasteiger partial charge on any atom is -0.505 e. The molecule has 0 radical (unpaired) electrons. The summed E-state index contributed by atoms with van der Waals surface area (Å²) in [5, 5.41) is 11.6. The van der Waals surface area contributed by atoms with Gasteiger partial charge in [0.2, 0.25) is 0 Å². The number of nitrogens with zero attached hydrogens (tertiary/aromatic N) is 1. The van der Waals surface area contributed by atoms with Crippen LogP contribution in [0.2, 0.25) is 0 Å². The number of rotatable bonds is 4. The summed E-state index contributed by atoms with van der Waals surface area (Å²) in [7, 11) is 0. The van der Waals surface area contributed by atoms with Gasteiger partial charge in [0.1, 0.15) is 10.3 Å². The molecule has 0 bridgehead atoms. The maximum Gasteiger partial charge on any atom is 0.354 e. The van der Waals surface area contributed by atoms with Gasteiger partial charge in [0, 0.05) is 10.3 Å². The Morgan fingerprint density at radius 2 is 1.48 bits per heavy atom. The molecule has 0 atom stereocenters. The number of fused-ring (bicyclic) bond motifs is 3. The Bertz CT molecular complexity index is 1520. The summed E-state index contributed by atoms with van der Waals surface area (Å²) in [5.74, 6) is -0.349. The van der Waals surface area contributed by atoms with Crippen molar-refractivity contribution in [1.29, 1.82) is 0 Å². The van der Waals surface area contributed by atoms with E-state index in [1.165, 1.54) is 0 Å². The van der Waals surface area contributed by atoms with Crippen LogP contribution >= 0.6 is 11.8 Å². The third-order valence-corrected chi connectivity index (χ3v) is 6.18. The van der Waals surface area contributed by atoms with Crippen molar-refractivity contribution < 1.29 is 9.52 Å². The first-order chi connectivity index (χ1) is 15.1. The van der Waals surface area contributed by atoms with Gasteiger partial charge in [-0.25, -0.2) is 4.79 Å². The first kappa shape index (κ1) is 19.2. The second-order valence-corrected chi connectivity index (χ2v) is 8.16. The smallest absolute Gasteiger partial charge is 0.354 e. The van der Waals surface area contributed by atoms with E-state index < -0.39 is 11.2 Å². The average Bonchev–Trinajstić information content (AvgIpc) is 2.80. The van der Waals surface area contributed by atoms with Gasteiger partial charge in [-0.05, 0) is 29.8 Å². The highest BCUT2D eigenvalue weighted by Crippen LogP contribution is 2.37. The summed E-state index contributed by atoms with van der Waals surface area (Å²) in [5.41, 5.74) is 0.600. The predicted octanol–water partition coefficient (Wildman–Crippen LogP) is 5.01. The van der Waals surface area contributed by atoms with Crippen LogP contribution in [0.3, 0.4) is 0 Å². The van der Waals surface area contributed by atoms with E-state index in [1.807, 2.05) is 78.9 Å². The molecule has 0 fully saturated rings. The molecule has 152 valence electrons. The van der Waals surface area contributed by atoms with E-state index in [0.29, 0.717) is 17.4 Å². The standard InChI is InChI=1S/C25H17NO4S/c27-21-20-22(30-25(29)23(21)31-17-11-5-2-6-12-17)18-13-7-8-14-19(18)26(24(20)28)15-16-9-3-1-4-10-16/h1-14,27H,15H2. The fraction of sp³-hybridized carbons (Fsp3) is 0.0400. The zero-order valence-electron chi connectivity index (χ0n) is 16.3. The van der Waals surface area contributed by atoms with Gasteiger partial charge < -0.3 is 14.1 Å². The van der Waals surface area contributed by atoms with E-state index in [2.05, 4.69) is 0 Å². The quantitative estimate of drug-likeness (QED) is 0.408. The van der Waals surface area contributed by atoms with Gasteiger partial charge in [0.05, 0.1) is 12.1 Å². The molecular weight excluding hydrogens is 410 g/mol. The molecule has 3 aromatic carbocycles. The second-order valence-electron chi connectivity index (χ2n) is 7.08.